The van der Waals surface area contributed by atoms with Crippen LogP contribution in [0.3, 0.4) is 0 Å². The van der Waals surface area contributed by atoms with E-state index in [2.05, 4.69) is 10.3 Å². The number of hydrogen-bond acceptors (Lipinski definition) is 3. The fraction of sp³-hybridized carbons (Fsp3) is 0.300. The summed E-state index contributed by atoms with van der Waals surface area (Å²) in [5.74, 6) is 0.797. The lowest BCUT2D eigenvalue weighted by atomic mass is 10.2. The molecular weight excluding hydrogens is 314 g/mol. The van der Waals surface area contributed by atoms with Crippen LogP contribution in [-0.2, 0) is 6.42 Å². The van der Waals surface area contributed by atoms with Crippen molar-refractivity contribution in [3.63, 3.8) is 0 Å². The van der Waals surface area contributed by atoms with E-state index in [1.54, 1.807) is 11.1 Å². The lowest BCUT2D eigenvalue weighted by Crippen LogP contribution is -2.42. The van der Waals surface area contributed by atoms with Crippen LogP contribution in [0.15, 0.2) is 59.3 Å². The van der Waals surface area contributed by atoms with Gasteiger partial charge in [0.1, 0.15) is 11.3 Å². The average Bonchev–Trinajstić information content (AvgIpc) is 3.07. The van der Waals surface area contributed by atoms with Crippen molar-refractivity contribution in [3.8, 4) is 0 Å². The van der Waals surface area contributed by atoms with Gasteiger partial charge in [-0.25, -0.2) is 4.79 Å². The number of aromatic nitrogens is 1. The second-order valence-electron chi connectivity index (χ2n) is 5.99. The van der Waals surface area contributed by atoms with Gasteiger partial charge in [-0.15, -0.1) is 0 Å². The second kappa shape index (κ2) is 7.83. The molecule has 0 aliphatic rings. The number of benzene rings is 1. The number of furan rings is 1. The van der Waals surface area contributed by atoms with Gasteiger partial charge >= 0.3 is 6.03 Å². The number of amides is 2. The number of nitrogens with one attached hydrogen (secondary N) is 1. The molecule has 1 unspecified atom stereocenters. The minimum absolute atomic E-state index is 0.0839. The van der Waals surface area contributed by atoms with E-state index in [0.29, 0.717) is 13.1 Å². The van der Waals surface area contributed by atoms with Gasteiger partial charge in [0.05, 0.1) is 6.04 Å². The van der Waals surface area contributed by atoms with Crippen LogP contribution < -0.4 is 5.32 Å². The Hall–Kier alpha value is -2.82. The summed E-state index contributed by atoms with van der Waals surface area (Å²) in [7, 11) is 0. The zero-order valence-corrected chi connectivity index (χ0v) is 14.6. The Bertz CT molecular complexity index is 796. The van der Waals surface area contributed by atoms with Crippen LogP contribution in [0.25, 0.3) is 11.0 Å². The van der Waals surface area contributed by atoms with Gasteiger partial charge in [0, 0.05) is 30.9 Å². The summed E-state index contributed by atoms with van der Waals surface area (Å²) in [6.07, 6.45) is 4.33. The number of carbonyl (C=O) groups is 1. The molecule has 3 aromatic rings. The Labute approximate surface area is 147 Å². The van der Waals surface area contributed by atoms with Gasteiger partial charge in [0.2, 0.25) is 0 Å². The third-order valence-corrected chi connectivity index (χ3v) is 4.34. The van der Waals surface area contributed by atoms with Crippen LogP contribution in [-0.4, -0.2) is 29.0 Å². The SMILES string of the molecule is CCN(C(=O)NCCc1cccnc1)C(C)c1cc2ccccc2o1. The maximum atomic E-state index is 12.6. The standard InChI is InChI=1S/C20H23N3O2/c1-3-23(20(24)22-12-10-16-7-6-11-21-14-16)15(2)19-13-17-8-4-5-9-18(17)25-19/h4-9,11,13-15H,3,10,12H2,1-2H3,(H,22,24). The molecule has 1 aromatic carbocycles. The van der Waals surface area contributed by atoms with E-state index >= 15 is 0 Å². The molecule has 1 atom stereocenters. The minimum Gasteiger partial charge on any atom is -0.459 e. The Balaban J connectivity index is 1.62. The van der Waals surface area contributed by atoms with Crippen molar-refractivity contribution in [1.82, 2.24) is 15.2 Å². The van der Waals surface area contributed by atoms with Crippen molar-refractivity contribution >= 4 is 17.0 Å². The van der Waals surface area contributed by atoms with E-state index in [-0.39, 0.29) is 12.1 Å². The first-order valence-corrected chi connectivity index (χ1v) is 8.61. The monoisotopic (exact) mass is 337 g/mol. The van der Waals surface area contributed by atoms with Crippen LogP contribution in [0, 0.1) is 0 Å². The van der Waals surface area contributed by atoms with E-state index in [1.165, 1.54) is 0 Å². The number of nitrogens with zero attached hydrogens (tertiary/aromatic N) is 2. The highest BCUT2D eigenvalue weighted by molar-refractivity contribution is 5.78. The van der Waals surface area contributed by atoms with E-state index in [4.69, 9.17) is 4.42 Å². The quantitative estimate of drug-likeness (QED) is 0.734. The van der Waals surface area contributed by atoms with Gasteiger partial charge in [-0.3, -0.25) is 4.98 Å². The Morgan fingerprint density at radius 1 is 1.28 bits per heavy atom. The van der Waals surface area contributed by atoms with Crippen molar-refractivity contribution in [3.05, 3.63) is 66.2 Å². The average molecular weight is 337 g/mol. The van der Waals surface area contributed by atoms with E-state index < -0.39 is 0 Å². The molecule has 2 heterocycles. The largest absolute Gasteiger partial charge is 0.459 e. The highest BCUT2D eigenvalue weighted by Gasteiger charge is 2.22. The van der Waals surface area contributed by atoms with Crippen LogP contribution in [0.1, 0.15) is 31.2 Å². The van der Waals surface area contributed by atoms with Crippen LogP contribution >= 0.6 is 0 Å². The number of urea groups is 1. The van der Waals surface area contributed by atoms with Gasteiger partial charge in [0.15, 0.2) is 0 Å². The first-order chi connectivity index (χ1) is 12.2. The molecule has 0 radical (unpaired) electrons. The lowest BCUT2D eigenvalue weighted by molar-refractivity contribution is 0.176. The highest BCUT2D eigenvalue weighted by atomic mass is 16.3. The molecule has 130 valence electrons. The van der Waals surface area contributed by atoms with Gasteiger partial charge in [0.25, 0.3) is 0 Å². The summed E-state index contributed by atoms with van der Waals surface area (Å²) >= 11 is 0. The molecular formula is C20H23N3O2. The summed E-state index contributed by atoms with van der Waals surface area (Å²) in [6, 6.07) is 13.6. The molecule has 1 N–H and O–H groups in total. The molecule has 0 saturated heterocycles. The molecule has 0 spiro atoms. The molecule has 0 aliphatic heterocycles. The van der Waals surface area contributed by atoms with E-state index in [1.807, 2.05) is 62.5 Å². The zero-order chi connectivity index (χ0) is 17.6. The van der Waals surface area contributed by atoms with Crippen molar-refractivity contribution in [2.45, 2.75) is 26.3 Å². The van der Waals surface area contributed by atoms with Crippen molar-refractivity contribution < 1.29 is 9.21 Å². The number of hydrogen-bond donors (Lipinski definition) is 1. The molecule has 0 aliphatic carbocycles. The smallest absolute Gasteiger partial charge is 0.318 e. The molecule has 0 saturated carbocycles. The van der Waals surface area contributed by atoms with Crippen LogP contribution in [0.4, 0.5) is 4.79 Å². The molecule has 2 aromatic heterocycles. The van der Waals surface area contributed by atoms with E-state index in [9.17, 15) is 4.79 Å². The molecule has 0 fully saturated rings. The van der Waals surface area contributed by atoms with Gasteiger partial charge < -0.3 is 14.6 Å². The van der Waals surface area contributed by atoms with Gasteiger partial charge in [-0.2, -0.15) is 0 Å². The number of pyridine rings is 1. The Kier molecular flexibility index (Phi) is 5.33. The molecule has 2 amide bonds. The summed E-state index contributed by atoms with van der Waals surface area (Å²) in [6.45, 7) is 5.15. The van der Waals surface area contributed by atoms with Crippen molar-refractivity contribution in [2.24, 2.45) is 0 Å². The first-order valence-electron chi connectivity index (χ1n) is 8.61. The number of carbonyl (C=O) groups excluding carboxylic acids is 1. The fourth-order valence-electron chi connectivity index (χ4n) is 2.92. The normalized spacial score (nSPS) is 12.1. The summed E-state index contributed by atoms with van der Waals surface area (Å²) < 4.78 is 5.91. The zero-order valence-electron chi connectivity index (χ0n) is 14.6. The molecule has 5 nitrogen and oxygen atoms in total. The topological polar surface area (TPSA) is 58.4 Å². The second-order valence-corrected chi connectivity index (χ2v) is 5.99. The molecule has 0 bridgehead atoms. The number of rotatable bonds is 6. The Morgan fingerprint density at radius 3 is 2.84 bits per heavy atom. The van der Waals surface area contributed by atoms with E-state index in [0.717, 1.165) is 28.7 Å². The van der Waals surface area contributed by atoms with Crippen molar-refractivity contribution in [1.29, 1.82) is 0 Å². The highest BCUT2D eigenvalue weighted by Crippen LogP contribution is 2.27. The third-order valence-electron chi connectivity index (χ3n) is 4.34. The Morgan fingerprint density at radius 2 is 2.12 bits per heavy atom. The van der Waals surface area contributed by atoms with Crippen LogP contribution in [0.5, 0.6) is 0 Å². The predicted octanol–water partition coefficient (Wildman–Crippen LogP) is 4.16. The minimum atomic E-state index is -0.129. The third kappa shape index (κ3) is 3.99. The molecule has 5 heteroatoms. The summed E-state index contributed by atoms with van der Waals surface area (Å²) in [5, 5.41) is 4.04. The maximum Gasteiger partial charge on any atom is 0.318 e. The maximum absolute atomic E-state index is 12.6. The summed E-state index contributed by atoms with van der Waals surface area (Å²) in [5.41, 5.74) is 1.95. The molecule has 25 heavy (non-hydrogen) atoms. The number of fused-ring (bicyclic) bond motifs is 1. The number of para-hydroxylation sites is 1. The molecule has 3 rings (SSSR count). The van der Waals surface area contributed by atoms with Gasteiger partial charge in [-0.05, 0) is 44.0 Å². The summed E-state index contributed by atoms with van der Waals surface area (Å²) in [4.78, 5) is 18.4. The predicted molar refractivity (Wildman–Crippen MR) is 98.3 cm³/mol. The van der Waals surface area contributed by atoms with Crippen molar-refractivity contribution in [2.75, 3.05) is 13.1 Å². The first kappa shape index (κ1) is 17.0. The fourth-order valence-corrected chi connectivity index (χ4v) is 2.92. The lowest BCUT2D eigenvalue weighted by Gasteiger charge is -2.26. The van der Waals surface area contributed by atoms with Crippen LogP contribution in [0.2, 0.25) is 0 Å². The van der Waals surface area contributed by atoms with Gasteiger partial charge in [-0.1, -0.05) is 24.3 Å².